The lowest BCUT2D eigenvalue weighted by molar-refractivity contribution is -0.132. The first-order valence-corrected chi connectivity index (χ1v) is 6.26. The molecule has 1 aliphatic heterocycles. The summed E-state index contributed by atoms with van der Waals surface area (Å²) in [5, 5.41) is 3.23. The molecule has 1 heterocycles. The monoisotopic (exact) mass is 228 g/mol. The third-order valence-corrected chi connectivity index (χ3v) is 2.77. The summed E-state index contributed by atoms with van der Waals surface area (Å²) in [6.45, 7) is 9.20. The molecule has 1 N–H and O–H groups in total. The molecule has 0 aromatic carbocycles. The van der Waals surface area contributed by atoms with Crippen molar-refractivity contribution in [2.24, 2.45) is 5.92 Å². The molecule has 0 spiro atoms. The minimum Gasteiger partial charge on any atom is -0.381 e. The van der Waals surface area contributed by atoms with Gasteiger partial charge in [-0.3, -0.25) is 4.79 Å². The Kier molecular flexibility index (Phi) is 6.42. The number of hydrogen-bond donors (Lipinski definition) is 1. The lowest BCUT2D eigenvalue weighted by Gasteiger charge is -2.27. The Labute approximate surface area is 98.3 Å². The van der Waals surface area contributed by atoms with E-state index in [4.69, 9.17) is 4.74 Å². The molecule has 1 saturated heterocycles. The highest BCUT2D eigenvalue weighted by molar-refractivity contribution is 5.76. The summed E-state index contributed by atoms with van der Waals surface area (Å²) >= 11 is 0. The number of hydrogen-bond acceptors (Lipinski definition) is 3. The fraction of sp³-hybridized carbons (Fsp3) is 0.917. The number of nitrogens with one attached hydrogen (secondary N) is 1. The predicted octanol–water partition coefficient (Wildman–Crippen LogP) is 0.871. The molecular formula is C12H24N2O2. The van der Waals surface area contributed by atoms with Gasteiger partial charge in [0, 0.05) is 32.8 Å². The van der Waals surface area contributed by atoms with Gasteiger partial charge in [0.05, 0.1) is 13.0 Å². The zero-order chi connectivity index (χ0) is 11.8. The minimum atomic E-state index is 0.228. The SMILES string of the molecule is CC(C)CCOCCC(=O)N1CCNCC1. The highest BCUT2D eigenvalue weighted by Crippen LogP contribution is 2.01. The summed E-state index contributed by atoms with van der Waals surface area (Å²) in [6, 6.07) is 0. The van der Waals surface area contributed by atoms with E-state index in [-0.39, 0.29) is 5.91 Å². The summed E-state index contributed by atoms with van der Waals surface area (Å²) in [5.41, 5.74) is 0. The molecule has 0 aliphatic carbocycles. The maximum atomic E-state index is 11.7. The highest BCUT2D eigenvalue weighted by atomic mass is 16.5. The van der Waals surface area contributed by atoms with Gasteiger partial charge >= 0.3 is 0 Å². The number of ether oxygens (including phenoxy) is 1. The van der Waals surface area contributed by atoms with Crippen LogP contribution in [-0.2, 0) is 9.53 Å². The molecule has 1 amide bonds. The van der Waals surface area contributed by atoms with Crippen molar-refractivity contribution < 1.29 is 9.53 Å². The van der Waals surface area contributed by atoms with E-state index < -0.39 is 0 Å². The zero-order valence-electron chi connectivity index (χ0n) is 10.5. The van der Waals surface area contributed by atoms with Gasteiger partial charge in [0.2, 0.25) is 5.91 Å². The minimum absolute atomic E-state index is 0.228. The van der Waals surface area contributed by atoms with Crippen molar-refractivity contribution in [2.45, 2.75) is 26.7 Å². The standard InChI is InChI=1S/C12H24N2O2/c1-11(2)3-9-16-10-4-12(15)14-7-5-13-6-8-14/h11,13H,3-10H2,1-2H3. The molecule has 0 bridgehead atoms. The van der Waals surface area contributed by atoms with Gasteiger partial charge in [-0.05, 0) is 12.3 Å². The van der Waals surface area contributed by atoms with Crippen LogP contribution in [0, 0.1) is 5.92 Å². The molecule has 1 aliphatic rings. The van der Waals surface area contributed by atoms with Crippen molar-refractivity contribution in [3.8, 4) is 0 Å². The van der Waals surface area contributed by atoms with Gasteiger partial charge in [-0.15, -0.1) is 0 Å². The molecule has 1 rings (SSSR count). The molecule has 94 valence electrons. The van der Waals surface area contributed by atoms with Crippen molar-refractivity contribution in [3.05, 3.63) is 0 Å². The molecule has 4 nitrogen and oxygen atoms in total. The number of carbonyl (C=O) groups is 1. The largest absolute Gasteiger partial charge is 0.381 e. The molecule has 16 heavy (non-hydrogen) atoms. The predicted molar refractivity (Wildman–Crippen MR) is 64.3 cm³/mol. The summed E-state index contributed by atoms with van der Waals surface area (Å²) < 4.78 is 5.44. The van der Waals surface area contributed by atoms with Crippen LogP contribution in [0.3, 0.4) is 0 Å². The topological polar surface area (TPSA) is 41.6 Å². The van der Waals surface area contributed by atoms with Gasteiger partial charge in [0.25, 0.3) is 0 Å². The van der Waals surface area contributed by atoms with Crippen molar-refractivity contribution in [1.82, 2.24) is 10.2 Å². The Morgan fingerprint density at radius 3 is 2.62 bits per heavy atom. The fourth-order valence-corrected chi connectivity index (χ4v) is 1.65. The van der Waals surface area contributed by atoms with Crippen molar-refractivity contribution >= 4 is 5.91 Å². The third-order valence-electron chi connectivity index (χ3n) is 2.77. The molecule has 0 atom stereocenters. The number of nitrogens with zero attached hydrogens (tertiary/aromatic N) is 1. The molecular weight excluding hydrogens is 204 g/mol. The van der Waals surface area contributed by atoms with Crippen LogP contribution in [0.1, 0.15) is 26.7 Å². The second-order valence-electron chi connectivity index (χ2n) is 4.68. The molecule has 0 radical (unpaired) electrons. The van der Waals surface area contributed by atoms with Crippen molar-refractivity contribution in [2.75, 3.05) is 39.4 Å². The van der Waals surface area contributed by atoms with Crippen LogP contribution in [0.5, 0.6) is 0 Å². The van der Waals surface area contributed by atoms with Crippen LogP contribution < -0.4 is 5.32 Å². The van der Waals surface area contributed by atoms with Crippen molar-refractivity contribution in [1.29, 1.82) is 0 Å². The van der Waals surface area contributed by atoms with Crippen LogP contribution >= 0.6 is 0 Å². The van der Waals surface area contributed by atoms with E-state index in [9.17, 15) is 4.79 Å². The van der Waals surface area contributed by atoms with E-state index >= 15 is 0 Å². The van der Waals surface area contributed by atoms with E-state index in [1.165, 1.54) is 0 Å². The number of rotatable bonds is 6. The van der Waals surface area contributed by atoms with Gasteiger partial charge in [-0.25, -0.2) is 0 Å². The lowest BCUT2D eigenvalue weighted by Crippen LogP contribution is -2.46. The molecule has 0 unspecified atom stereocenters. The Morgan fingerprint density at radius 1 is 1.31 bits per heavy atom. The van der Waals surface area contributed by atoms with Gasteiger partial charge in [0.15, 0.2) is 0 Å². The first kappa shape index (κ1) is 13.5. The van der Waals surface area contributed by atoms with Gasteiger partial charge in [-0.1, -0.05) is 13.8 Å². The smallest absolute Gasteiger partial charge is 0.224 e. The van der Waals surface area contributed by atoms with Crippen LogP contribution in [0.4, 0.5) is 0 Å². The highest BCUT2D eigenvalue weighted by Gasteiger charge is 2.15. The average Bonchev–Trinajstić information content (AvgIpc) is 2.29. The molecule has 4 heteroatoms. The molecule has 0 aromatic rings. The Balaban J connectivity index is 2.01. The quantitative estimate of drug-likeness (QED) is 0.686. The number of carbonyl (C=O) groups excluding carboxylic acids is 1. The zero-order valence-corrected chi connectivity index (χ0v) is 10.5. The van der Waals surface area contributed by atoms with E-state index in [2.05, 4.69) is 19.2 Å². The summed E-state index contributed by atoms with van der Waals surface area (Å²) in [5.74, 6) is 0.898. The molecule has 1 fully saturated rings. The third kappa shape index (κ3) is 5.47. The fourth-order valence-electron chi connectivity index (χ4n) is 1.65. The second kappa shape index (κ2) is 7.63. The normalized spacial score (nSPS) is 16.8. The average molecular weight is 228 g/mol. The Bertz CT molecular complexity index is 201. The van der Waals surface area contributed by atoms with E-state index in [0.717, 1.165) is 39.2 Å². The van der Waals surface area contributed by atoms with Crippen LogP contribution in [0.25, 0.3) is 0 Å². The molecule has 0 saturated carbocycles. The van der Waals surface area contributed by atoms with Gasteiger partial charge < -0.3 is 15.0 Å². The van der Waals surface area contributed by atoms with E-state index in [1.54, 1.807) is 0 Å². The lowest BCUT2D eigenvalue weighted by atomic mass is 10.1. The van der Waals surface area contributed by atoms with Gasteiger partial charge in [-0.2, -0.15) is 0 Å². The van der Waals surface area contributed by atoms with Crippen LogP contribution in [-0.4, -0.2) is 50.2 Å². The van der Waals surface area contributed by atoms with E-state index in [0.29, 0.717) is 18.9 Å². The number of amides is 1. The summed E-state index contributed by atoms with van der Waals surface area (Å²) in [7, 11) is 0. The van der Waals surface area contributed by atoms with Crippen LogP contribution in [0.2, 0.25) is 0 Å². The summed E-state index contributed by atoms with van der Waals surface area (Å²) in [6.07, 6.45) is 1.60. The van der Waals surface area contributed by atoms with Gasteiger partial charge in [0.1, 0.15) is 0 Å². The second-order valence-corrected chi connectivity index (χ2v) is 4.68. The van der Waals surface area contributed by atoms with Crippen molar-refractivity contribution in [3.63, 3.8) is 0 Å². The summed E-state index contributed by atoms with van der Waals surface area (Å²) in [4.78, 5) is 13.6. The maximum absolute atomic E-state index is 11.7. The Hall–Kier alpha value is -0.610. The van der Waals surface area contributed by atoms with E-state index in [1.807, 2.05) is 4.90 Å². The molecule has 0 aromatic heterocycles. The Morgan fingerprint density at radius 2 is 2.00 bits per heavy atom. The first-order chi connectivity index (χ1) is 7.70. The maximum Gasteiger partial charge on any atom is 0.224 e. The number of piperazine rings is 1. The first-order valence-electron chi connectivity index (χ1n) is 6.26. The van der Waals surface area contributed by atoms with Crippen LogP contribution in [0.15, 0.2) is 0 Å².